The first-order chi connectivity index (χ1) is 32.9. The first kappa shape index (κ1) is 42.0. The molecule has 0 bridgehead atoms. The fourth-order valence-electron chi connectivity index (χ4n) is 10.4. The molecule has 68 heavy (non-hydrogen) atoms. The molecule has 0 atom stereocenters. The lowest BCUT2D eigenvalue weighted by Crippen LogP contribution is -2.08. The average Bonchev–Trinajstić information content (AvgIpc) is 3.85. The summed E-state index contributed by atoms with van der Waals surface area (Å²) in [6.45, 7) is 8.42. The van der Waals surface area contributed by atoms with E-state index in [1.54, 1.807) is 18.2 Å². The average molecular weight is 887 g/mol. The number of benzene rings is 9. The van der Waals surface area contributed by atoms with Crippen molar-refractivity contribution in [2.75, 3.05) is 0 Å². The molecule has 0 N–H and O–H groups in total. The number of nitrogens with zero attached hydrogens (tertiary/aromatic N) is 4. The number of aryl methyl sites for hydroxylation is 4. The van der Waals surface area contributed by atoms with Gasteiger partial charge in [0, 0.05) is 32.7 Å². The molecule has 326 valence electrons. The molecule has 0 radical (unpaired) electrons. The van der Waals surface area contributed by atoms with Gasteiger partial charge in [0.05, 0.1) is 62.3 Å². The smallest absolute Gasteiger partial charge is 0.309 e. The Labute approximate surface area is 391 Å². The topological polar surface area (TPSA) is 57.4 Å². The van der Waals surface area contributed by atoms with Crippen LogP contribution in [0.5, 0.6) is 0 Å². The molecule has 0 unspecified atom stereocenters. The molecule has 2 heterocycles. The van der Waals surface area contributed by atoms with Crippen LogP contribution in [0.4, 0.5) is 13.2 Å². The summed E-state index contributed by atoms with van der Waals surface area (Å²) >= 11 is 0. The van der Waals surface area contributed by atoms with E-state index in [0.717, 1.165) is 71.9 Å². The second kappa shape index (κ2) is 16.0. The highest BCUT2D eigenvalue weighted by Gasteiger charge is 2.34. The van der Waals surface area contributed by atoms with Crippen molar-refractivity contribution in [2.45, 2.75) is 33.9 Å². The van der Waals surface area contributed by atoms with Crippen LogP contribution in [0.25, 0.3) is 99.5 Å². The molecule has 0 fully saturated rings. The largest absolute Gasteiger partial charge is 0.417 e. The second-order valence-corrected chi connectivity index (χ2v) is 17.7. The molecule has 0 saturated heterocycles. The molecule has 4 nitrogen and oxygen atoms in total. The number of halogens is 3. The van der Waals surface area contributed by atoms with Gasteiger partial charge in [-0.15, -0.1) is 0 Å². The monoisotopic (exact) mass is 886 g/mol. The molecule has 0 saturated carbocycles. The molecule has 0 aliphatic heterocycles. The third kappa shape index (κ3) is 6.82. The Morgan fingerprint density at radius 1 is 0.412 bits per heavy atom. The zero-order chi connectivity index (χ0) is 47.0. The Morgan fingerprint density at radius 3 is 1.47 bits per heavy atom. The van der Waals surface area contributed by atoms with Crippen LogP contribution >= 0.6 is 0 Å². The van der Waals surface area contributed by atoms with Crippen molar-refractivity contribution in [3.63, 3.8) is 0 Å². The first-order valence-corrected chi connectivity index (χ1v) is 22.4. The summed E-state index contributed by atoms with van der Waals surface area (Å²) in [5.74, 6) is 0. The summed E-state index contributed by atoms with van der Waals surface area (Å²) in [4.78, 5) is 0. The van der Waals surface area contributed by atoms with Crippen molar-refractivity contribution >= 4 is 43.6 Å². The van der Waals surface area contributed by atoms with Crippen LogP contribution in [0.3, 0.4) is 0 Å². The number of alkyl halides is 3. The Morgan fingerprint density at radius 2 is 0.926 bits per heavy atom. The van der Waals surface area contributed by atoms with Crippen molar-refractivity contribution < 1.29 is 13.2 Å². The minimum atomic E-state index is -4.75. The molecule has 0 spiro atoms. The Hall–Kier alpha value is -8.65. The number of hydrogen-bond donors (Lipinski definition) is 0. The summed E-state index contributed by atoms with van der Waals surface area (Å²) in [5, 5.41) is 24.9. The van der Waals surface area contributed by atoms with Crippen molar-refractivity contribution in [3.05, 3.63) is 215 Å². The fourth-order valence-corrected chi connectivity index (χ4v) is 10.4. The zero-order valence-electron chi connectivity index (χ0n) is 37.7. The van der Waals surface area contributed by atoms with Crippen LogP contribution < -0.4 is 0 Å². The van der Waals surface area contributed by atoms with Crippen molar-refractivity contribution in [1.82, 2.24) is 9.13 Å². The first-order valence-electron chi connectivity index (χ1n) is 22.4. The lowest BCUT2D eigenvalue weighted by atomic mass is 9.90. The maximum atomic E-state index is 15.0. The third-order valence-corrected chi connectivity index (χ3v) is 13.4. The van der Waals surface area contributed by atoms with Crippen LogP contribution in [0, 0.1) is 50.4 Å². The van der Waals surface area contributed by atoms with E-state index in [1.807, 2.05) is 48.5 Å². The highest BCUT2D eigenvalue weighted by Crippen LogP contribution is 2.46. The van der Waals surface area contributed by atoms with E-state index in [-0.39, 0.29) is 16.7 Å². The highest BCUT2D eigenvalue weighted by molar-refractivity contribution is 6.13. The summed E-state index contributed by atoms with van der Waals surface area (Å²) in [6.07, 6.45) is -4.75. The standard InChI is InChI=1S/C61H41F3N4/c1-36-16-22-45(38(3)28-36)41-19-25-56-50(31-41)48-11-5-7-13-54(48)67(56)58-27-21-43(47-24-18-40(34-65)30-53(47)61(62,63)64)33-52(58)60-44(35-66)10-9-15-59(60)68-55-14-8-6-12-49(55)51-32-42(20-26-57(51)68)46-23-17-37(2)29-39(46)4/h5-33H,1-4H3. The van der Waals surface area contributed by atoms with E-state index in [1.165, 1.54) is 34.4 Å². The van der Waals surface area contributed by atoms with Gasteiger partial charge in [0.25, 0.3) is 0 Å². The Balaban J connectivity index is 1.23. The molecule has 9 aromatic carbocycles. The molecule has 0 amide bonds. The number of hydrogen-bond acceptors (Lipinski definition) is 2. The Bertz CT molecular complexity index is 3980. The predicted molar refractivity (Wildman–Crippen MR) is 270 cm³/mol. The van der Waals surface area contributed by atoms with Gasteiger partial charge in [0.2, 0.25) is 0 Å². The zero-order valence-corrected chi connectivity index (χ0v) is 37.7. The van der Waals surface area contributed by atoms with Crippen molar-refractivity contribution in [1.29, 1.82) is 10.5 Å². The normalized spacial score (nSPS) is 11.7. The van der Waals surface area contributed by atoms with Crippen LogP contribution in [-0.4, -0.2) is 9.13 Å². The van der Waals surface area contributed by atoms with Gasteiger partial charge in [-0.3, -0.25) is 0 Å². The molecule has 11 aromatic rings. The quantitative estimate of drug-likeness (QED) is 0.167. The van der Waals surface area contributed by atoms with Crippen molar-refractivity contribution in [3.8, 4) is 68.0 Å². The minimum absolute atomic E-state index is 0.0728. The molecular weight excluding hydrogens is 846 g/mol. The summed E-state index contributed by atoms with van der Waals surface area (Å²) < 4.78 is 49.4. The van der Waals surface area contributed by atoms with Gasteiger partial charge < -0.3 is 9.13 Å². The SMILES string of the molecule is Cc1ccc(-c2ccc3c(c2)c2ccccc2n3-c2ccc(-c3ccc(C#N)cc3C(F)(F)F)cc2-c2c(C#N)cccc2-n2c3ccccc3c3cc(-c4ccc(C)cc4C)ccc32)c(C)c1. The molecule has 0 aliphatic rings. The van der Waals surface area contributed by atoms with E-state index in [2.05, 4.69) is 140 Å². The van der Waals surface area contributed by atoms with Gasteiger partial charge in [0.15, 0.2) is 0 Å². The van der Waals surface area contributed by atoms with Crippen LogP contribution in [-0.2, 0) is 6.18 Å². The van der Waals surface area contributed by atoms with Crippen LogP contribution in [0.1, 0.15) is 38.9 Å². The molecule has 11 rings (SSSR count). The number of nitriles is 2. The number of aromatic nitrogens is 2. The van der Waals surface area contributed by atoms with Gasteiger partial charge >= 0.3 is 6.18 Å². The number of rotatable bonds is 6. The summed E-state index contributed by atoms with van der Waals surface area (Å²) in [7, 11) is 0. The molecule has 7 heteroatoms. The molecule has 2 aromatic heterocycles. The van der Waals surface area contributed by atoms with Crippen molar-refractivity contribution in [2.24, 2.45) is 0 Å². The number of para-hydroxylation sites is 2. The van der Waals surface area contributed by atoms with E-state index < -0.39 is 11.7 Å². The van der Waals surface area contributed by atoms with Gasteiger partial charge in [-0.25, -0.2) is 0 Å². The van der Waals surface area contributed by atoms with Crippen LogP contribution in [0.15, 0.2) is 176 Å². The van der Waals surface area contributed by atoms with Gasteiger partial charge in [-0.05, 0) is 145 Å². The minimum Gasteiger partial charge on any atom is -0.309 e. The molecular formula is C61H41F3N4. The predicted octanol–water partition coefficient (Wildman–Crippen LogP) is 16.5. The van der Waals surface area contributed by atoms with Gasteiger partial charge in [0.1, 0.15) is 0 Å². The maximum absolute atomic E-state index is 15.0. The summed E-state index contributed by atoms with van der Waals surface area (Å²) in [6, 6.07) is 61.2. The lowest BCUT2D eigenvalue weighted by molar-refractivity contribution is -0.137. The maximum Gasteiger partial charge on any atom is 0.417 e. The molecule has 0 aliphatic carbocycles. The second-order valence-electron chi connectivity index (χ2n) is 17.7. The van der Waals surface area contributed by atoms with Crippen LogP contribution in [0.2, 0.25) is 0 Å². The fraction of sp³-hybridized carbons (Fsp3) is 0.0820. The van der Waals surface area contributed by atoms with E-state index >= 15 is 13.2 Å². The third-order valence-electron chi connectivity index (χ3n) is 13.4. The van der Waals surface area contributed by atoms with E-state index in [4.69, 9.17) is 0 Å². The van der Waals surface area contributed by atoms with E-state index in [0.29, 0.717) is 28.1 Å². The summed E-state index contributed by atoms with van der Waals surface area (Å²) in [5.41, 5.74) is 14.8. The van der Waals surface area contributed by atoms with Gasteiger partial charge in [-0.1, -0.05) is 114 Å². The highest BCUT2D eigenvalue weighted by atomic mass is 19.4. The van der Waals surface area contributed by atoms with Gasteiger partial charge in [-0.2, -0.15) is 23.7 Å². The van der Waals surface area contributed by atoms with E-state index in [9.17, 15) is 10.5 Å². The lowest BCUT2D eigenvalue weighted by Gasteiger charge is -2.21. The Kier molecular flexibility index (Phi) is 9.92. The number of fused-ring (bicyclic) bond motifs is 6.